The summed E-state index contributed by atoms with van der Waals surface area (Å²) in [5.74, 6) is 0.863. The van der Waals surface area contributed by atoms with Gasteiger partial charge in [-0.1, -0.05) is 56.2 Å². The van der Waals surface area contributed by atoms with E-state index in [1.165, 1.54) is 43.2 Å². The van der Waals surface area contributed by atoms with Crippen LogP contribution in [0, 0.1) is 5.92 Å². The first-order chi connectivity index (χ1) is 8.77. The van der Waals surface area contributed by atoms with Crippen molar-refractivity contribution in [1.29, 1.82) is 0 Å². The molecule has 18 heavy (non-hydrogen) atoms. The van der Waals surface area contributed by atoms with E-state index in [1.807, 2.05) is 0 Å². The van der Waals surface area contributed by atoms with E-state index in [0.717, 1.165) is 12.5 Å². The van der Waals surface area contributed by atoms with Gasteiger partial charge in [0.05, 0.1) is 0 Å². The third-order valence-corrected chi connectivity index (χ3v) is 4.18. The third kappa shape index (κ3) is 3.71. The van der Waals surface area contributed by atoms with Crippen molar-refractivity contribution in [2.45, 2.75) is 45.1 Å². The average Bonchev–Trinajstić information content (AvgIpc) is 2.46. The summed E-state index contributed by atoms with van der Waals surface area (Å²) in [6, 6.07) is 11.1. The van der Waals surface area contributed by atoms with Crippen molar-refractivity contribution in [3.8, 4) is 0 Å². The second-order valence-corrected chi connectivity index (χ2v) is 5.54. The molecule has 2 rings (SSSR count). The van der Waals surface area contributed by atoms with Crippen LogP contribution in [0.2, 0.25) is 0 Å². The minimum absolute atomic E-state index is 0.616. The second kappa shape index (κ2) is 6.75. The summed E-state index contributed by atoms with van der Waals surface area (Å²) in [6.45, 7) is 7.41. The smallest absolute Gasteiger partial charge is 0.0208 e. The van der Waals surface area contributed by atoms with Crippen LogP contribution in [0.1, 0.15) is 44.6 Å². The summed E-state index contributed by atoms with van der Waals surface area (Å²) in [4.78, 5) is 0. The zero-order valence-electron chi connectivity index (χ0n) is 11.5. The van der Waals surface area contributed by atoms with Crippen molar-refractivity contribution in [2.24, 2.45) is 5.92 Å². The van der Waals surface area contributed by atoms with Gasteiger partial charge in [0, 0.05) is 12.6 Å². The Kier molecular flexibility index (Phi) is 5.00. The number of rotatable bonds is 5. The maximum absolute atomic E-state index is 4.18. The molecule has 0 bridgehead atoms. The van der Waals surface area contributed by atoms with Crippen LogP contribution in [0.5, 0.6) is 0 Å². The van der Waals surface area contributed by atoms with Crippen LogP contribution in [-0.4, -0.2) is 12.6 Å². The van der Waals surface area contributed by atoms with E-state index < -0.39 is 0 Å². The largest absolute Gasteiger partial charge is 0.310 e. The summed E-state index contributed by atoms with van der Waals surface area (Å²) in [6.07, 6.45) is 7.05. The molecule has 1 aromatic carbocycles. The van der Waals surface area contributed by atoms with Crippen LogP contribution >= 0.6 is 0 Å². The summed E-state index contributed by atoms with van der Waals surface area (Å²) in [5.41, 5.74) is 2.44. The normalized spacial score (nSPS) is 18.5. The zero-order chi connectivity index (χ0) is 12.8. The van der Waals surface area contributed by atoms with Crippen molar-refractivity contribution < 1.29 is 0 Å². The summed E-state index contributed by atoms with van der Waals surface area (Å²) in [7, 11) is 0. The molecule has 1 atom stereocenters. The van der Waals surface area contributed by atoms with E-state index in [-0.39, 0.29) is 0 Å². The van der Waals surface area contributed by atoms with Gasteiger partial charge in [-0.25, -0.2) is 0 Å². The van der Waals surface area contributed by atoms with Crippen molar-refractivity contribution in [3.05, 3.63) is 42.5 Å². The molecule has 0 heterocycles. The van der Waals surface area contributed by atoms with Gasteiger partial charge in [-0.3, -0.25) is 0 Å². The van der Waals surface area contributed by atoms with Gasteiger partial charge in [-0.2, -0.15) is 0 Å². The highest BCUT2D eigenvalue weighted by Gasteiger charge is 2.19. The Morgan fingerprint density at radius 1 is 1.22 bits per heavy atom. The minimum atomic E-state index is 0.616. The van der Waals surface area contributed by atoms with E-state index in [0.29, 0.717) is 6.04 Å². The van der Waals surface area contributed by atoms with Crippen LogP contribution in [0.25, 0.3) is 5.57 Å². The van der Waals surface area contributed by atoms with Gasteiger partial charge in [0.15, 0.2) is 0 Å². The molecule has 0 aromatic heterocycles. The average molecular weight is 243 g/mol. The number of hydrogen-bond donors (Lipinski definition) is 1. The van der Waals surface area contributed by atoms with Crippen LogP contribution in [0.15, 0.2) is 36.9 Å². The molecule has 1 N–H and O–H groups in total. The first kappa shape index (κ1) is 13.4. The van der Waals surface area contributed by atoms with E-state index in [9.17, 15) is 0 Å². The van der Waals surface area contributed by atoms with E-state index in [2.05, 4.69) is 49.2 Å². The number of nitrogens with one attached hydrogen (secondary N) is 1. The topological polar surface area (TPSA) is 12.0 Å². The molecule has 1 saturated carbocycles. The van der Waals surface area contributed by atoms with Crippen molar-refractivity contribution in [3.63, 3.8) is 0 Å². The van der Waals surface area contributed by atoms with Crippen molar-refractivity contribution >= 4 is 5.57 Å². The Morgan fingerprint density at radius 2 is 1.89 bits per heavy atom. The fourth-order valence-corrected chi connectivity index (χ4v) is 2.86. The molecule has 0 amide bonds. The summed E-state index contributed by atoms with van der Waals surface area (Å²) >= 11 is 0. The first-order valence-electron chi connectivity index (χ1n) is 7.24. The molecule has 1 fully saturated rings. The number of benzene rings is 1. The summed E-state index contributed by atoms with van der Waals surface area (Å²) in [5, 5.41) is 3.65. The fraction of sp³-hybridized carbons (Fsp3) is 0.529. The highest BCUT2D eigenvalue weighted by molar-refractivity contribution is 5.64. The van der Waals surface area contributed by atoms with E-state index in [1.54, 1.807) is 0 Å². The lowest BCUT2D eigenvalue weighted by Crippen LogP contribution is -2.35. The van der Waals surface area contributed by atoms with Gasteiger partial charge in [-0.15, -0.1) is 0 Å². The fourth-order valence-electron chi connectivity index (χ4n) is 2.86. The molecule has 1 heteroatoms. The van der Waals surface area contributed by atoms with Crippen LogP contribution in [0.3, 0.4) is 0 Å². The maximum atomic E-state index is 4.18. The Hall–Kier alpha value is -1.08. The highest BCUT2D eigenvalue weighted by Crippen LogP contribution is 2.26. The predicted molar refractivity (Wildman–Crippen MR) is 79.5 cm³/mol. The van der Waals surface area contributed by atoms with E-state index in [4.69, 9.17) is 0 Å². The minimum Gasteiger partial charge on any atom is -0.310 e. The monoisotopic (exact) mass is 243 g/mol. The van der Waals surface area contributed by atoms with Gasteiger partial charge in [0.25, 0.3) is 0 Å². The molecule has 0 spiro atoms. The third-order valence-electron chi connectivity index (χ3n) is 4.18. The maximum Gasteiger partial charge on any atom is 0.0208 e. The van der Waals surface area contributed by atoms with Crippen molar-refractivity contribution in [1.82, 2.24) is 5.32 Å². The predicted octanol–water partition coefficient (Wildman–Crippen LogP) is 4.26. The lowest BCUT2D eigenvalue weighted by Gasteiger charge is -2.28. The van der Waals surface area contributed by atoms with Gasteiger partial charge in [-0.05, 0) is 36.8 Å². The first-order valence-corrected chi connectivity index (χ1v) is 7.24. The lowest BCUT2D eigenvalue weighted by atomic mass is 9.84. The molecular formula is C17H25N. The molecular weight excluding hydrogens is 218 g/mol. The van der Waals surface area contributed by atoms with Gasteiger partial charge < -0.3 is 5.32 Å². The number of hydrogen-bond acceptors (Lipinski definition) is 1. The molecule has 0 radical (unpaired) electrons. The Balaban J connectivity index is 1.78. The van der Waals surface area contributed by atoms with Crippen LogP contribution in [0.4, 0.5) is 0 Å². The molecule has 0 saturated heterocycles. The van der Waals surface area contributed by atoms with Gasteiger partial charge in [0.2, 0.25) is 0 Å². The Bertz CT molecular complexity index is 362. The molecule has 1 aliphatic carbocycles. The molecule has 1 nitrogen and oxygen atoms in total. The lowest BCUT2D eigenvalue weighted by molar-refractivity contribution is 0.287. The molecule has 98 valence electrons. The Morgan fingerprint density at radius 3 is 2.56 bits per heavy atom. The SMILES string of the molecule is C=C(CN[C@H](C)C1CCCCC1)c1ccccc1. The summed E-state index contributed by atoms with van der Waals surface area (Å²) < 4.78 is 0. The van der Waals surface area contributed by atoms with Crippen LogP contribution in [-0.2, 0) is 0 Å². The van der Waals surface area contributed by atoms with Crippen LogP contribution < -0.4 is 5.32 Å². The Labute approximate surface area is 111 Å². The zero-order valence-corrected chi connectivity index (χ0v) is 11.5. The highest BCUT2D eigenvalue weighted by atomic mass is 14.9. The molecule has 0 unspecified atom stereocenters. The van der Waals surface area contributed by atoms with E-state index >= 15 is 0 Å². The molecule has 1 aliphatic rings. The second-order valence-electron chi connectivity index (χ2n) is 5.54. The quantitative estimate of drug-likeness (QED) is 0.815. The standard InChI is InChI=1S/C17H25N/c1-14(16-9-5-3-6-10-16)13-18-15(2)17-11-7-4-8-12-17/h3,5-6,9-10,15,17-18H,1,4,7-8,11-13H2,2H3/t15-/m1/s1. The van der Waals surface area contributed by atoms with Gasteiger partial charge in [0.1, 0.15) is 0 Å². The molecule has 0 aliphatic heterocycles. The van der Waals surface area contributed by atoms with Gasteiger partial charge >= 0.3 is 0 Å². The van der Waals surface area contributed by atoms with Crippen molar-refractivity contribution in [2.75, 3.05) is 6.54 Å². The molecule has 1 aromatic rings.